The van der Waals surface area contributed by atoms with Crippen LogP contribution in [0.4, 0.5) is 8.78 Å². The van der Waals surface area contributed by atoms with Crippen molar-refractivity contribution in [2.45, 2.75) is 47.9 Å². The van der Waals surface area contributed by atoms with Crippen LogP contribution in [0.1, 0.15) is 18.4 Å². The molecule has 2 fully saturated rings. The molecule has 0 amide bonds. The first kappa shape index (κ1) is 25.4. The second-order valence-electron chi connectivity index (χ2n) is 8.58. The lowest BCUT2D eigenvalue weighted by Crippen LogP contribution is -2.40. The van der Waals surface area contributed by atoms with Gasteiger partial charge in [0.1, 0.15) is 5.75 Å². The average molecular weight is 540 g/mol. The summed E-state index contributed by atoms with van der Waals surface area (Å²) >= 11 is 1.39. The molecule has 2 aliphatic rings. The maximum atomic E-state index is 13.2. The fraction of sp³-hybridized carbons (Fsp3) is 0.458. The second-order valence-corrected chi connectivity index (χ2v) is 11.5. The van der Waals surface area contributed by atoms with Crippen molar-refractivity contribution in [2.24, 2.45) is 0 Å². The van der Waals surface area contributed by atoms with Gasteiger partial charge in [-0.3, -0.25) is 0 Å². The molecule has 0 radical (unpaired) electrons. The summed E-state index contributed by atoms with van der Waals surface area (Å²) in [6.45, 7) is -0.260. The van der Waals surface area contributed by atoms with Crippen LogP contribution in [0.25, 0.3) is 11.0 Å². The quantitative estimate of drug-likeness (QED) is 0.378. The molecule has 0 spiro atoms. The summed E-state index contributed by atoms with van der Waals surface area (Å²) in [4.78, 5) is 4.94. The van der Waals surface area contributed by atoms with Crippen LogP contribution in [0.15, 0.2) is 52.5 Å². The molecular formula is C24H27F2N3O5S2. The average Bonchev–Trinajstić information content (AvgIpc) is 3.51. The number of alkyl halides is 2. The molecule has 2 aromatic carbocycles. The van der Waals surface area contributed by atoms with Crippen LogP contribution in [0.3, 0.4) is 0 Å². The molecule has 0 N–H and O–H groups in total. The Kier molecular flexibility index (Phi) is 7.77. The van der Waals surface area contributed by atoms with Gasteiger partial charge in [0, 0.05) is 31.0 Å². The molecule has 1 atom stereocenters. The van der Waals surface area contributed by atoms with Crippen LogP contribution in [-0.4, -0.2) is 67.9 Å². The van der Waals surface area contributed by atoms with E-state index in [4.69, 9.17) is 14.5 Å². The lowest BCUT2D eigenvalue weighted by Gasteiger charge is -2.26. The number of aromatic nitrogens is 2. The Labute approximate surface area is 212 Å². The summed E-state index contributed by atoms with van der Waals surface area (Å²) in [7, 11) is -3.67. The minimum Gasteiger partial charge on any atom is -0.435 e. The summed E-state index contributed by atoms with van der Waals surface area (Å²) in [5.41, 5.74) is 1.97. The van der Waals surface area contributed by atoms with Gasteiger partial charge in [0.25, 0.3) is 0 Å². The smallest absolute Gasteiger partial charge is 0.387 e. The number of sulfonamides is 1. The number of halogens is 2. The van der Waals surface area contributed by atoms with Crippen molar-refractivity contribution in [3.05, 3.63) is 48.0 Å². The zero-order valence-electron chi connectivity index (χ0n) is 19.5. The number of morpholine rings is 1. The Hall–Kier alpha value is -2.25. The van der Waals surface area contributed by atoms with E-state index in [1.807, 2.05) is 4.57 Å². The number of fused-ring (bicyclic) bond motifs is 1. The topological polar surface area (TPSA) is 82.9 Å². The molecule has 194 valence electrons. The number of hydrogen-bond acceptors (Lipinski definition) is 7. The number of ether oxygens (including phenoxy) is 3. The number of hydrogen-bond donors (Lipinski definition) is 0. The highest BCUT2D eigenvalue weighted by molar-refractivity contribution is 7.98. The van der Waals surface area contributed by atoms with Gasteiger partial charge in [-0.25, -0.2) is 13.4 Å². The van der Waals surface area contributed by atoms with E-state index in [1.54, 1.807) is 36.4 Å². The summed E-state index contributed by atoms with van der Waals surface area (Å²) in [6, 6.07) is 11.7. The number of benzene rings is 2. The Morgan fingerprint density at radius 3 is 2.69 bits per heavy atom. The SMILES string of the molecule is O=S(=O)(c1ccc2c(c1)nc(SCc1ccccc1OC(F)F)n2CC1CCCO1)N1CCOCC1. The van der Waals surface area contributed by atoms with Crippen molar-refractivity contribution in [2.75, 3.05) is 32.9 Å². The maximum absolute atomic E-state index is 13.2. The van der Waals surface area contributed by atoms with E-state index in [0.29, 0.717) is 61.4 Å². The van der Waals surface area contributed by atoms with Crippen molar-refractivity contribution in [3.8, 4) is 5.75 Å². The molecule has 1 aromatic heterocycles. The zero-order valence-corrected chi connectivity index (χ0v) is 21.1. The molecule has 5 rings (SSSR count). The molecular weight excluding hydrogens is 512 g/mol. The fourth-order valence-corrected chi connectivity index (χ4v) is 6.88. The van der Waals surface area contributed by atoms with E-state index in [2.05, 4.69) is 4.74 Å². The molecule has 2 saturated heterocycles. The molecule has 12 heteroatoms. The van der Waals surface area contributed by atoms with Crippen LogP contribution < -0.4 is 4.74 Å². The van der Waals surface area contributed by atoms with E-state index in [0.717, 1.165) is 18.4 Å². The third-order valence-electron chi connectivity index (χ3n) is 6.25. The van der Waals surface area contributed by atoms with Crippen LogP contribution in [0.5, 0.6) is 5.75 Å². The molecule has 8 nitrogen and oxygen atoms in total. The van der Waals surface area contributed by atoms with Gasteiger partial charge in [0.15, 0.2) is 5.16 Å². The van der Waals surface area contributed by atoms with Crippen molar-refractivity contribution in [3.63, 3.8) is 0 Å². The third kappa shape index (κ3) is 5.52. The first-order valence-corrected chi connectivity index (χ1v) is 14.2. The Morgan fingerprint density at radius 2 is 1.94 bits per heavy atom. The van der Waals surface area contributed by atoms with E-state index >= 15 is 0 Å². The minimum atomic E-state index is -3.67. The summed E-state index contributed by atoms with van der Waals surface area (Å²) in [5, 5.41) is 0.660. The van der Waals surface area contributed by atoms with Crippen molar-refractivity contribution < 1.29 is 31.4 Å². The first-order chi connectivity index (χ1) is 17.4. The van der Waals surface area contributed by atoms with Crippen LogP contribution in [-0.2, 0) is 31.8 Å². The van der Waals surface area contributed by atoms with Gasteiger partial charge in [-0.1, -0.05) is 30.0 Å². The molecule has 3 heterocycles. The van der Waals surface area contributed by atoms with Gasteiger partial charge < -0.3 is 18.8 Å². The molecule has 36 heavy (non-hydrogen) atoms. The molecule has 3 aromatic rings. The lowest BCUT2D eigenvalue weighted by atomic mass is 10.2. The predicted octanol–water partition coefficient (Wildman–Crippen LogP) is 4.13. The first-order valence-electron chi connectivity index (χ1n) is 11.8. The largest absolute Gasteiger partial charge is 0.435 e. The summed E-state index contributed by atoms with van der Waals surface area (Å²) < 4.78 is 71.3. The lowest BCUT2D eigenvalue weighted by molar-refractivity contribution is -0.0503. The third-order valence-corrected chi connectivity index (χ3v) is 9.17. The maximum Gasteiger partial charge on any atom is 0.387 e. The standard InChI is InChI=1S/C24H27F2N3O5S2/c25-23(26)34-22-6-2-1-4-17(22)16-35-24-27-20-14-19(36(30,31)28-9-12-32-13-10-28)7-8-21(20)29(24)15-18-5-3-11-33-18/h1-2,4,6-8,14,18,23H,3,5,9-13,15-16H2. The van der Waals surface area contributed by atoms with Crippen molar-refractivity contribution >= 4 is 32.8 Å². The van der Waals surface area contributed by atoms with Gasteiger partial charge >= 0.3 is 6.61 Å². The number of imidazole rings is 1. The van der Waals surface area contributed by atoms with E-state index < -0.39 is 16.6 Å². The molecule has 0 aliphatic carbocycles. The fourth-order valence-electron chi connectivity index (χ4n) is 4.44. The molecule has 0 saturated carbocycles. The second kappa shape index (κ2) is 11.0. The van der Waals surface area contributed by atoms with Gasteiger partial charge in [-0.15, -0.1) is 0 Å². The Bertz CT molecular complexity index is 1310. The highest BCUT2D eigenvalue weighted by Gasteiger charge is 2.28. The van der Waals surface area contributed by atoms with Crippen molar-refractivity contribution in [1.29, 1.82) is 0 Å². The normalized spacial score (nSPS) is 19.4. The van der Waals surface area contributed by atoms with Gasteiger partial charge in [0.2, 0.25) is 10.0 Å². The zero-order chi connectivity index (χ0) is 25.1. The Morgan fingerprint density at radius 1 is 1.14 bits per heavy atom. The predicted molar refractivity (Wildman–Crippen MR) is 131 cm³/mol. The van der Waals surface area contributed by atoms with Gasteiger partial charge in [-0.05, 0) is 37.1 Å². The van der Waals surface area contributed by atoms with E-state index in [1.165, 1.54) is 22.1 Å². The van der Waals surface area contributed by atoms with Gasteiger partial charge in [-0.2, -0.15) is 13.1 Å². The highest BCUT2D eigenvalue weighted by atomic mass is 32.2. The number of nitrogens with zero attached hydrogens (tertiary/aromatic N) is 3. The number of thioether (sulfide) groups is 1. The Balaban J connectivity index is 1.46. The monoisotopic (exact) mass is 539 g/mol. The summed E-state index contributed by atoms with van der Waals surface area (Å²) in [5.74, 6) is 0.483. The number of para-hydroxylation sites is 1. The van der Waals surface area contributed by atoms with Crippen LogP contribution in [0.2, 0.25) is 0 Å². The van der Waals surface area contributed by atoms with E-state index in [9.17, 15) is 17.2 Å². The minimum absolute atomic E-state index is 0.0352. The number of rotatable bonds is 9. The van der Waals surface area contributed by atoms with Crippen LogP contribution in [0, 0.1) is 0 Å². The summed E-state index contributed by atoms with van der Waals surface area (Å²) in [6.07, 6.45) is 1.95. The van der Waals surface area contributed by atoms with Crippen molar-refractivity contribution in [1.82, 2.24) is 13.9 Å². The molecule has 0 bridgehead atoms. The molecule has 2 aliphatic heterocycles. The van der Waals surface area contributed by atoms with E-state index in [-0.39, 0.29) is 16.7 Å². The molecule has 1 unspecified atom stereocenters. The van der Waals surface area contributed by atoms with Crippen LogP contribution >= 0.6 is 11.8 Å². The highest BCUT2D eigenvalue weighted by Crippen LogP contribution is 2.33. The van der Waals surface area contributed by atoms with Gasteiger partial charge in [0.05, 0.1) is 41.8 Å².